The van der Waals surface area contributed by atoms with Crippen molar-refractivity contribution in [1.82, 2.24) is 9.97 Å². The number of pyridine rings is 2. The second kappa shape index (κ2) is 9.46. The summed E-state index contributed by atoms with van der Waals surface area (Å²) in [5, 5.41) is 22.9. The number of nitrogens with zero attached hydrogens (tertiary/aromatic N) is 4. The summed E-state index contributed by atoms with van der Waals surface area (Å²) in [6.07, 6.45) is -2.26. The van der Waals surface area contributed by atoms with Gasteiger partial charge >= 0.3 is 6.18 Å². The average molecular weight is 392 g/mol. The maximum absolute atomic E-state index is 12.9. The van der Waals surface area contributed by atoms with Gasteiger partial charge in [0, 0.05) is 0 Å². The Morgan fingerprint density at radius 2 is 1.48 bits per heavy atom. The fraction of sp³-hybridized carbons (Fsp3) is 0.235. The van der Waals surface area contributed by atoms with Gasteiger partial charge in [-0.25, -0.2) is 9.97 Å². The van der Waals surface area contributed by atoms with Gasteiger partial charge < -0.3 is 10.6 Å². The zero-order valence-electron chi connectivity index (χ0n) is 14.6. The van der Waals surface area contributed by atoms with Crippen molar-refractivity contribution >= 4 is 28.7 Å². The third-order valence-corrected chi connectivity index (χ3v) is 3.20. The summed E-state index contributed by atoms with van der Waals surface area (Å²) < 4.78 is 38.7. The lowest BCUT2D eigenvalue weighted by molar-refractivity contribution is -0.138. The molecule has 2 aromatic heterocycles. The van der Waals surface area contributed by atoms with E-state index in [2.05, 4.69) is 20.6 Å². The Hall–Kier alpha value is -3.24. The lowest BCUT2D eigenvalue weighted by atomic mass is 10.2. The molecule has 0 saturated carbocycles. The fourth-order valence-corrected chi connectivity index (χ4v) is 2.13. The second-order valence-corrected chi connectivity index (χ2v) is 5.22. The van der Waals surface area contributed by atoms with E-state index in [-0.39, 0.29) is 16.5 Å². The zero-order chi connectivity index (χ0) is 20.6. The van der Waals surface area contributed by atoms with Crippen LogP contribution in [0.1, 0.15) is 36.4 Å². The van der Waals surface area contributed by atoms with Gasteiger partial charge in [0.25, 0.3) is 0 Å². The zero-order valence-corrected chi connectivity index (χ0v) is 15.5. The van der Waals surface area contributed by atoms with Crippen LogP contribution in [0.15, 0.2) is 24.5 Å². The minimum atomic E-state index is -4.71. The summed E-state index contributed by atoms with van der Waals surface area (Å²) >= 11 is 5.03. The molecule has 6 nitrogen and oxygen atoms in total. The molecule has 0 aliphatic carbocycles. The number of halogens is 3. The molecule has 2 aromatic rings. The highest BCUT2D eigenvalue weighted by Crippen LogP contribution is 2.32. The minimum Gasteiger partial charge on any atom is -0.331 e. The molecule has 0 atom stereocenters. The molecule has 2 heterocycles. The minimum absolute atomic E-state index is 0.00513. The first kappa shape index (κ1) is 21.8. The van der Waals surface area contributed by atoms with E-state index in [1.165, 1.54) is 12.3 Å². The summed E-state index contributed by atoms with van der Waals surface area (Å²) in [6, 6.07) is 5.69. The van der Waals surface area contributed by atoms with Crippen LogP contribution in [0.4, 0.5) is 24.5 Å². The number of aryl methyl sites for hydroxylation is 1. The number of nitrogens with one attached hydrogen (secondary N) is 2. The molecule has 0 spiro atoms. The van der Waals surface area contributed by atoms with Gasteiger partial charge in [-0.05, 0) is 36.8 Å². The van der Waals surface area contributed by atoms with Crippen molar-refractivity contribution < 1.29 is 13.2 Å². The van der Waals surface area contributed by atoms with Crippen LogP contribution in [0.25, 0.3) is 0 Å². The van der Waals surface area contributed by atoms with Gasteiger partial charge in [0.15, 0.2) is 10.8 Å². The van der Waals surface area contributed by atoms with Crippen LogP contribution in [-0.2, 0) is 6.18 Å². The molecule has 0 radical (unpaired) electrons. The number of alkyl halides is 3. The molecule has 140 valence electrons. The number of aromatic nitrogens is 2. The van der Waals surface area contributed by atoms with Gasteiger partial charge in [-0.1, -0.05) is 13.8 Å². The summed E-state index contributed by atoms with van der Waals surface area (Å²) in [4.78, 5) is 7.40. The Balaban J connectivity index is 0.00000176. The summed E-state index contributed by atoms with van der Waals surface area (Å²) in [5.74, 6) is 0. The molecule has 27 heavy (non-hydrogen) atoms. The molecule has 10 heteroatoms. The van der Waals surface area contributed by atoms with Gasteiger partial charge in [0.2, 0.25) is 0 Å². The maximum atomic E-state index is 12.9. The molecule has 0 aliphatic rings. The molecule has 0 aromatic carbocycles. The van der Waals surface area contributed by atoms with E-state index in [9.17, 15) is 13.2 Å². The lowest BCUT2D eigenvalue weighted by Crippen LogP contribution is -2.20. The molecule has 2 N–H and O–H groups in total. The summed E-state index contributed by atoms with van der Waals surface area (Å²) in [6.45, 7) is 5.69. The normalized spacial score (nSPS) is 9.93. The number of hydrogen-bond acceptors (Lipinski definition) is 5. The second-order valence-electron chi connectivity index (χ2n) is 4.81. The van der Waals surface area contributed by atoms with Crippen molar-refractivity contribution in [2.45, 2.75) is 26.9 Å². The Bertz CT molecular complexity index is 912. The van der Waals surface area contributed by atoms with E-state index in [1.807, 2.05) is 19.9 Å². The predicted octanol–water partition coefficient (Wildman–Crippen LogP) is 4.38. The largest absolute Gasteiger partial charge is 0.419 e. The first-order chi connectivity index (χ1) is 12.7. The van der Waals surface area contributed by atoms with Crippen molar-refractivity contribution in [3.05, 3.63) is 47.0 Å². The van der Waals surface area contributed by atoms with Crippen molar-refractivity contribution in [3.8, 4) is 12.1 Å². The standard InChI is InChI=1S/C15H9F3N6S.C2H6/c1-8-2-9(6-21-12(8)4-19)23-14(25)24-10-3-11(15(16,17)18)13(5-20)22-7-10;1-2/h2-3,6-7H,1H3,(H2,23,24,25);1-2H3. The highest BCUT2D eigenvalue weighted by atomic mass is 32.1. The van der Waals surface area contributed by atoms with Gasteiger partial charge in [-0.2, -0.15) is 23.7 Å². The first-order valence-corrected chi connectivity index (χ1v) is 8.07. The highest BCUT2D eigenvalue weighted by molar-refractivity contribution is 7.80. The van der Waals surface area contributed by atoms with E-state index >= 15 is 0 Å². The number of nitriles is 2. The summed E-state index contributed by atoms with van der Waals surface area (Å²) in [5.41, 5.74) is -0.554. The third kappa shape index (κ3) is 5.90. The van der Waals surface area contributed by atoms with E-state index in [4.69, 9.17) is 22.7 Å². The van der Waals surface area contributed by atoms with Crippen LogP contribution in [0.3, 0.4) is 0 Å². The Morgan fingerprint density at radius 1 is 1.00 bits per heavy atom. The van der Waals surface area contributed by atoms with Gasteiger partial charge in [-0.3, -0.25) is 0 Å². The molecule has 0 aliphatic heterocycles. The van der Waals surface area contributed by atoms with Crippen LogP contribution >= 0.6 is 12.2 Å². The fourth-order valence-electron chi connectivity index (χ4n) is 1.89. The third-order valence-electron chi connectivity index (χ3n) is 3.00. The lowest BCUT2D eigenvalue weighted by Gasteiger charge is -2.13. The molecular formula is C17H15F3N6S. The van der Waals surface area contributed by atoms with Gasteiger partial charge in [0.1, 0.15) is 17.8 Å². The van der Waals surface area contributed by atoms with E-state index in [0.717, 1.165) is 12.3 Å². The topological polar surface area (TPSA) is 97.4 Å². The quantitative estimate of drug-likeness (QED) is 0.732. The highest BCUT2D eigenvalue weighted by Gasteiger charge is 2.34. The van der Waals surface area contributed by atoms with Crippen molar-refractivity contribution in [2.75, 3.05) is 10.6 Å². The molecule has 0 unspecified atom stereocenters. The molecule has 0 bridgehead atoms. The number of anilines is 2. The smallest absolute Gasteiger partial charge is 0.331 e. The summed E-state index contributed by atoms with van der Waals surface area (Å²) in [7, 11) is 0. The van der Waals surface area contributed by atoms with Gasteiger partial charge in [-0.15, -0.1) is 0 Å². The molecule has 0 saturated heterocycles. The van der Waals surface area contributed by atoms with Crippen molar-refractivity contribution in [1.29, 1.82) is 10.5 Å². The van der Waals surface area contributed by atoms with E-state index < -0.39 is 17.4 Å². The van der Waals surface area contributed by atoms with Crippen LogP contribution in [0.2, 0.25) is 0 Å². The monoisotopic (exact) mass is 392 g/mol. The first-order valence-electron chi connectivity index (χ1n) is 7.66. The van der Waals surface area contributed by atoms with Crippen LogP contribution in [-0.4, -0.2) is 15.1 Å². The SMILES string of the molecule is CC.Cc1cc(NC(=S)Nc2cnc(C#N)c(C(F)(F)F)c2)cnc1C#N. The molecule has 0 amide bonds. The Kier molecular flexibility index (Phi) is 7.64. The predicted molar refractivity (Wildman–Crippen MR) is 98.8 cm³/mol. The van der Waals surface area contributed by atoms with Crippen LogP contribution in [0.5, 0.6) is 0 Å². The van der Waals surface area contributed by atoms with Crippen molar-refractivity contribution in [3.63, 3.8) is 0 Å². The van der Waals surface area contributed by atoms with E-state index in [1.54, 1.807) is 13.0 Å². The molecule has 0 fully saturated rings. The molecular weight excluding hydrogens is 377 g/mol. The number of thiocarbonyl (C=S) groups is 1. The number of rotatable bonds is 2. The maximum Gasteiger partial charge on any atom is 0.419 e. The van der Waals surface area contributed by atoms with Gasteiger partial charge in [0.05, 0.1) is 29.3 Å². The number of hydrogen-bond donors (Lipinski definition) is 2. The van der Waals surface area contributed by atoms with Crippen LogP contribution in [0, 0.1) is 29.6 Å². The Morgan fingerprint density at radius 3 is 1.93 bits per heavy atom. The Labute approximate surface area is 159 Å². The molecule has 2 rings (SSSR count). The average Bonchev–Trinajstić information content (AvgIpc) is 2.62. The van der Waals surface area contributed by atoms with Crippen molar-refractivity contribution in [2.24, 2.45) is 0 Å². The van der Waals surface area contributed by atoms with Crippen LogP contribution < -0.4 is 10.6 Å². The van der Waals surface area contributed by atoms with E-state index in [0.29, 0.717) is 11.3 Å².